The van der Waals surface area contributed by atoms with Gasteiger partial charge in [-0.2, -0.15) is 0 Å². The zero-order valence-corrected chi connectivity index (χ0v) is 14.2. The van der Waals surface area contributed by atoms with Crippen molar-refractivity contribution in [2.24, 2.45) is 0 Å². The van der Waals surface area contributed by atoms with Gasteiger partial charge in [0, 0.05) is 10.5 Å². The van der Waals surface area contributed by atoms with Crippen molar-refractivity contribution in [1.82, 2.24) is 0 Å². The van der Waals surface area contributed by atoms with Crippen LogP contribution < -0.4 is 9.47 Å². The van der Waals surface area contributed by atoms with Gasteiger partial charge in [-0.05, 0) is 48.4 Å². The fourth-order valence-corrected chi connectivity index (χ4v) is 2.44. The third kappa shape index (κ3) is 3.54. The van der Waals surface area contributed by atoms with E-state index >= 15 is 0 Å². The summed E-state index contributed by atoms with van der Waals surface area (Å²) >= 11 is 3.39. The molecule has 1 aliphatic rings. The Balaban J connectivity index is 1.83. The van der Waals surface area contributed by atoms with Gasteiger partial charge in [0.1, 0.15) is 18.1 Å². The van der Waals surface area contributed by atoms with E-state index in [9.17, 15) is 4.79 Å². The fourth-order valence-electron chi connectivity index (χ4n) is 2.17. The molecule has 0 atom stereocenters. The Bertz CT molecular complexity index is 804. The largest absolute Gasteiger partial charge is 0.489 e. The van der Waals surface area contributed by atoms with Crippen LogP contribution in [0.2, 0.25) is 0 Å². The van der Waals surface area contributed by atoms with E-state index in [-0.39, 0.29) is 5.78 Å². The van der Waals surface area contributed by atoms with Crippen molar-refractivity contribution in [2.75, 3.05) is 6.61 Å². The molecule has 2 aromatic rings. The SMILES string of the molecule is C=C(C)COc1ccc2c(c1)O/C(=C\c1ccc(Br)cc1)C2=O. The monoisotopic (exact) mass is 370 g/mol. The third-order valence-corrected chi connectivity index (χ3v) is 3.82. The molecule has 116 valence electrons. The second-order valence-electron chi connectivity index (χ2n) is 5.40. The highest BCUT2D eigenvalue weighted by molar-refractivity contribution is 9.10. The molecule has 0 fully saturated rings. The van der Waals surface area contributed by atoms with Gasteiger partial charge in [-0.3, -0.25) is 4.79 Å². The molecule has 0 N–H and O–H groups in total. The molecule has 0 amide bonds. The summed E-state index contributed by atoms with van der Waals surface area (Å²) in [4.78, 5) is 12.4. The van der Waals surface area contributed by atoms with E-state index in [0.717, 1.165) is 15.6 Å². The van der Waals surface area contributed by atoms with Crippen LogP contribution in [-0.2, 0) is 0 Å². The molecular weight excluding hydrogens is 356 g/mol. The molecule has 1 aliphatic heterocycles. The number of ether oxygens (including phenoxy) is 2. The lowest BCUT2D eigenvalue weighted by Gasteiger charge is -2.06. The van der Waals surface area contributed by atoms with Crippen molar-refractivity contribution >= 4 is 27.8 Å². The van der Waals surface area contributed by atoms with E-state index in [2.05, 4.69) is 22.5 Å². The molecule has 0 radical (unpaired) electrons. The number of halogens is 1. The lowest BCUT2D eigenvalue weighted by Crippen LogP contribution is -1.98. The van der Waals surface area contributed by atoms with Crippen LogP contribution >= 0.6 is 15.9 Å². The second-order valence-corrected chi connectivity index (χ2v) is 6.31. The van der Waals surface area contributed by atoms with E-state index in [1.807, 2.05) is 31.2 Å². The molecule has 3 nitrogen and oxygen atoms in total. The highest BCUT2D eigenvalue weighted by atomic mass is 79.9. The molecule has 0 unspecified atom stereocenters. The van der Waals surface area contributed by atoms with E-state index in [1.165, 1.54) is 0 Å². The minimum Gasteiger partial charge on any atom is -0.489 e. The molecule has 0 saturated carbocycles. The third-order valence-electron chi connectivity index (χ3n) is 3.29. The number of Topliss-reactive ketones (excluding diaryl/α,β-unsaturated/α-hetero) is 1. The number of carbonyl (C=O) groups excluding carboxylic acids is 1. The van der Waals surface area contributed by atoms with E-state index in [4.69, 9.17) is 9.47 Å². The van der Waals surface area contributed by atoms with Crippen LogP contribution in [-0.4, -0.2) is 12.4 Å². The first-order valence-electron chi connectivity index (χ1n) is 7.14. The summed E-state index contributed by atoms with van der Waals surface area (Å²) < 4.78 is 12.3. The Morgan fingerprint density at radius 1 is 1.26 bits per heavy atom. The van der Waals surface area contributed by atoms with Crippen LogP contribution in [0.5, 0.6) is 11.5 Å². The zero-order chi connectivity index (χ0) is 16.4. The van der Waals surface area contributed by atoms with Gasteiger partial charge in [0.25, 0.3) is 0 Å². The van der Waals surface area contributed by atoms with Crippen molar-refractivity contribution < 1.29 is 14.3 Å². The summed E-state index contributed by atoms with van der Waals surface area (Å²) in [6, 6.07) is 12.9. The summed E-state index contributed by atoms with van der Waals surface area (Å²) in [7, 11) is 0. The molecule has 0 spiro atoms. The minimum absolute atomic E-state index is 0.116. The number of fused-ring (bicyclic) bond motifs is 1. The number of hydrogen-bond acceptors (Lipinski definition) is 3. The Morgan fingerprint density at radius 2 is 2.00 bits per heavy atom. The quantitative estimate of drug-likeness (QED) is 0.559. The van der Waals surface area contributed by atoms with Gasteiger partial charge in [0.2, 0.25) is 5.78 Å². The van der Waals surface area contributed by atoms with Gasteiger partial charge in [-0.1, -0.05) is 34.6 Å². The normalized spacial score (nSPS) is 14.5. The van der Waals surface area contributed by atoms with Crippen LogP contribution in [0, 0.1) is 0 Å². The van der Waals surface area contributed by atoms with Crippen LogP contribution in [0.25, 0.3) is 6.08 Å². The first kappa shape index (κ1) is 15.6. The zero-order valence-electron chi connectivity index (χ0n) is 12.6. The first-order chi connectivity index (χ1) is 11.0. The van der Waals surface area contributed by atoms with E-state index in [1.54, 1.807) is 24.3 Å². The average molecular weight is 371 g/mol. The topological polar surface area (TPSA) is 35.5 Å². The average Bonchev–Trinajstić information content (AvgIpc) is 2.83. The molecule has 0 bridgehead atoms. The highest BCUT2D eigenvalue weighted by Crippen LogP contribution is 2.35. The van der Waals surface area contributed by atoms with E-state index in [0.29, 0.717) is 29.4 Å². The molecule has 0 aliphatic carbocycles. The lowest BCUT2D eigenvalue weighted by molar-refractivity contribution is 0.101. The summed E-state index contributed by atoms with van der Waals surface area (Å²) in [6.45, 7) is 6.13. The Labute approximate surface area is 143 Å². The summed E-state index contributed by atoms with van der Waals surface area (Å²) in [5, 5.41) is 0. The van der Waals surface area contributed by atoms with Gasteiger partial charge < -0.3 is 9.47 Å². The maximum atomic E-state index is 12.4. The molecule has 2 aromatic carbocycles. The van der Waals surface area contributed by atoms with Gasteiger partial charge in [-0.25, -0.2) is 0 Å². The second kappa shape index (κ2) is 6.42. The van der Waals surface area contributed by atoms with Crippen LogP contribution in [0.1, 0.15) is 22.8 Å². The molecule has 3 rings (SSSR count). The van der Waals surface area contributed by atoms with Crippen molar-refractivity contribution in [3.63, 3.8) is 0 Å². The number of allylic oxidation sites excluding steroid dienone is 1. The standard InChI is InChI=1S/C19H15BrO3/c1-12(2)11-22-15-7-8-16-17(10-15)23-18(19(16)21)9-13-3-5-14(20)6-4-13/h3-10H,1,11H2,2H3/b18-9-. The Hall–Kier alpha value is -2.33. The maximum absolute atomic E-state index is 12.4. The molecule has 0 saturated heterocycles. The summed E-state index contributed by atoms with van der Waals surface area (Å²) in [6.07, 6.45) is 1.74. The molecular formula is C19H15BrO3. The summed E-state index contributed by atoms with van der Waals surface area (Å²) in [5.74, 6) is 1.38. The van der Waals surface area contributed by atoms with Gasteiger partial charge >= 0.3 is 0 Å². The van der Waals surface area contributed by atoms with Crippen LogP contribution in [0.15, 0.2) is 64.8 Å². The van der Waals surface area contributed by atoms with Gasteiger partial charge in [0.05, 0.1) is 5.56 Å². The highest BCUT2D eigenvalue weighted by Gasteiger charge is 2.27. The number of hydrogen-bond donors (Lipinski definition) is 0. The Morgan fingerprint density at radius 3 is 2.70 bits per heavy atom. The first-order valence-corrected chi connectivity index (χ1v) is 7.93. The maximum Gasteiger partial charge on any atom is 0.231 e. The number of carbonyl (C=O) groups is 1. The smallest absolute Gasteiger partial charge is 0.231 e. The molecule has 0 aromatic heterocycles. The van der Waals surface area contributed by atoms with Crippen LogP contribution in [0.4, 0.5) is 0 Å². The molecule has 1 heterocycles. The lowest BCUT2D eigenvalue weighted by atomic mass is 10.1. The van der Waals surface area contributed by atoms with E-state index < -0.39 is 0 Å². The predicted octanol–water partition coefficient (Wildman–Crippen LogP) is 5.02. The number of ketones is 1. The fraction of sp³-hybridized carbons (Fsp3) is 0.105. The van der Waals surface area contributed by atoms with Crippen molar-refractivity contribution in [3.05, 3.63) is 76.0 Å². The summed E-state index contributed by atoms with van der Waals surface area (Å²) in [5.41, 5.74) is 2.39. The number of rotatable bonds is 4. The van der Waals surface area contributed by atoms with Crippen molar-refractivity contribution in [3.8, 4) is 11.5 Å². The van der Waals surface area contributed by atoms with Gasteiger partial charge in [0.15, 0.2) is 5.76 Å². The van der Waals surface area contributed by atoms with Crippen LogP contribution in [0.3, 0.4) is 0 Å². The van der Waals surface area contributed by atoms with Gasteiger partial charge in [-0.15, -0.1) is 0 Å². The number of benzene rings is 2. The molecule has 23 heavy (non-hydrogen) atoms. The minimum atomic E-state index is -0.116. The molecule has 4 heteroatoms. The van der Waals surface area contributed by atoms with Crippen molar-refractivity contribution in [1.29, 1.82) is 0 Å². The predicted molar refractivity (Wildman–Crippen MR) is 93.8 cm³/mol. The van der Waals surface area contributed by atoms with Crippen molar-refractivity contribution in [2.45, 2.75) is 6.92 Å². The Kier molecular flexibility index (Phi) is 4.35.